The highest BCUT2D eigenvalue weighted by atomic mass is 16.3. The molecule has 3 heterocycles. The Kier molecular flexibility index (Phi) is 3.08. The van der Waals surface area contributed by atoms with Crippen LogP contribution in [0.2, 0.25) is 0 Å². The number of nitrogens with one attached hydrogen (secondary N) is 1. The van der Waals surface area contributed by atoms with E-state index in [0.29, 0.717) is 22.7 Å². The van der Waals surface area contributed by atoms with Crippen molar-refractivity contribution in [2.45, 2.75) is 13.0 Å². The maximum atomic E-state index is 12.4. The van der Waals surface area contributed by atoms with Gasteiger partial charge in [0.2, 0.25) is 0 Å². The molecule has 1 atom stereocenters. The summed E-state index contributed by atoms with van der Waals surface area (Å²) in [6, 6.07) is 13.3. The Balaban J connectivity index is 1.90. The van der Waals surface area contributed by atoms with Gasteiger partial charge < -0.3 is 4.42 Å². The van der Waals surface area contributed by atoms with Crippen molar-refractivity contribution in [2.24, 2.45) is 0 Å². The summed E-state index contributed by atoms with van der Waals surface area (Å²) < 4.78 is 6.98. The van der Waals surface area contributed by atoms with Crippen LogP contribution < -0.4 is 5.69 Å². The van der Waals surface area contributed by atoms with Crippen molar-refractivity contribution >= 4 is 11.3 Å². The highest BCUT2D eigenvalue weighted by Crippen LogP contribution is 2.22. The van der Waals surface area contributed by atoms with Gasteiger partial charge in [0.05, 0.1) is 18.5 Å². The number of hydrogen-bond donors (Lipinski definition) is 1. The number of aromatic amines is 1. The normalized spacial score (nSPS) is 12.6. The van der Waals surface area contributed by atoms with Crippen LogP contribution in [-0.2, 0) is 0 Å². The topological polar surface area (TPSA) is 76.7 Å². The smallest absolute Gasteiger partial charge is 0.329 e. The zero-order chi connectivity index (χ0) is 15.8. The Labute approximate surface area is 131 Å². The van der Waals surface area contributed by atoms with Gasteiger partial charge >= 0.3 is 5.69 Å². The van der Waals surface area contributed by atoms with E-state index in [1.165, 1.54) is 0 Å². The SMILES string of the molecule is C[C@@H](c1ccccc1)n1c(=O)[nH]c2ncc(-c3ccco3)nc21. The molecule has 0 aliphatic carbocycles. The first kappa shape index (κ1) is 13.5. The molecule has 0 fully saturated rings. The van der Waals surface area contributed by atoms with Crippen molar-refractivity contribution in [2.75, 3.05) is 0 Å². The predicted molar refractivity (Wildman–Crippen MR) is 86.1 cm³/mol. The molecule has 0 bridgehead atoms. The summed E-state index contributed by atoms with van der Waals surface area (Å²) in [7, 11) is 0. The van der Waals surface area contributed by atoms with Gasteiger partial charge in [0.1, 0.15) is 5.69 Å². The molecule has 0 saturated carbocycles. The summed E-state index contributed by atoms with van der Waals surface area (Å²) in [4.78, 5) is 24.0. The molecule has 23 heavy (non-hydrogen) atoms. The van der Waals surface area contributed by atoms with E-state index in [-0.39, 0.29) is 11.7 Å². The lowest BCUT2D eigenvalue weighted by atomic mass is 10.1. The summed E-state index contributed by atoms with van der Waals surface area (Å²) >= 11 is 0. The van der Waals surface area contributed by atoms with Crippen molar-refractivity contribution in [3.05, 3.63) is 71.0 Å². The number of fused-ring (bicyclic) bond motifs is 1. The molecule has 0 unspecified atom stereocenters. The highest BCUT2D eigenvalue weighted by Gasteiger charge is 2.17. The molecule has 114 valence electrons. The maximum absolute atomic E-state index is 12.4. The van der Waals surface area contributed by atoms with E-state index in [0.717, 1.165) is 5.56 Å². The van der Waals surface area contributed by atoms with Crippen molar-refractivity contribution in [1.82, 2.24) is 19.5 Å². The van der Waals surface area contributed by atoms with Crippen LogP contribution in [-0.4, -0.2) is 19.5 Å². The summed E-state index contributed by atoms with van der Waals surface area (Å²) in [5, 5.41) is 0. The second-order valence-electron chi connectivity index (χ2n) is 5.29. The summed E-state index contributed by atoms with van der Waals surface area (Å²) in [6.45, 7) is 1.96. The number of furan rings is 1. The van der Waals surface area contributed by atoms with Crippen LogP contribution in [0.5, 0.6) is 0 Å². The lowest BCUT2D eigenvalue weighted by Crippen LogP contribution is -2.21. The second-order valence-corrected chi connectivity index (χ2v) is 5.29. The fraction of sp³-hybridized carbons (Fsp3) is 0.118. The average Bonchev–Trinajstić information content (AvgIpc) is 3.21. The van der Waals surface area contributed by atoms with Crippen LogP contribution in [0.1, 0.15) is 18.5 Å². The molecule has 6 heteroatoms. The standard InChI is InChI=1S/C17H14N4O2/c1-11(12-6-3-2-4-7-12)21-16-15(20-17(21)22)18-10-13(19-16)14-8-5-9-23-14/h2-11H,1H3,(H,18,20,22)/t11-/m0/s1. The largest absolute Gasteiger partial charge is 0.463 e. The van der Waals surface area contributed by atoms with E-state index >= 15 is 0 Å². The van der Waals surface area contributed by atoms with Gasteiger partial charge in [-0.3, -0.25) is 9.55 Å². The lowest BCUT2D eigenvalue weighted by Gasteiger charge is -2.13. The number of H-pyrrole nitrogens is 1. The fourth-order valence-corrected chi connectivity index (χ4v) is 2.68. The first-order valence-electron chi connectivity index (χ1n) is 7.30. The van der Waals surface area contributed by atoms with Gasteiger partial charge in [0.15, 0.2) is 17.1 Å². The minimum absolute atomic E-state index is 0.154. The number of hydrogen-bond acceptors (Lipinski definition) is 4. The number of imidazole rings is 1. The second kappa shape index (κ2) is 5.24. The zero-order valence-corrected chi connectivity index (χ0v) is 12.4. The molecule has 4 aromatic rings. The molecule has 0 aliphatic rings. The van der Waals surface area contributed by atoms with E-state index in [2.05, 4.69) is 15.0 Å². The first-order chi connectivity index (χ1) is 11.2. The van der Waals surface area contributed by atoms with Gasteiger partial charge in [0.25, 0.3) is 0 Å². The molecule has 0 aliphatic heterocycles. The summed E-state index contributed by atoms with van der Waals surface area (Å²) in [5.41, 5.74) is 2.37. The molecular formula is C17H14N4O2. The molecule has 6 nitrogen and oxygen atoms in total. The van der Waals surface area contributed by atoms with Gasteiger partial charge in [-0.25, -0.2) is 14.8 Å². The first-order valence-corrected chi connectivity index (χ1v) is 7.30. The fourth-order valence-electron chi connectivity index (χ4n) is 2.68. The third kappa shape index (κ3) is 2.24. The van der Waals surface area contributed by atoms with Crippen LogP contribution in [0, 0.1) is 0 Å². The van der Waals surface area contributed by atoms with E-state index in [1.807, 2.05) is 43.3 Å². The molecule has 1 aromatic carbocycles. The third-order valence-corrected chi connectivity index (χ3v) is 3.87. The zero-order valence-electron chi connectivity index (χ0n) is 12.4. The third-order valence-electron chi connectivity index (χ3n) is 3.87. The summed E-state index contributed by atoms with van der Waals surface area (Å²) in [6.07, 6.45) is 3.17. The lowest BCUT2D eigenvalue weighted by molar-refractivity contribution is 0.579. The van der Waals surface area contributed by atoms with Gasteiger partial charge in [-0.1, -0.05) is 30.3 Å². The van der Waals surface area contributed by atoms with Crippen molar-refractivity contribution in [3.63, 3.8) is 0 Å². The number of benzene rings is 1. The monoisotopic (exact) mass is 306 g/mol. The molecule has 1 N–H and O–H groups in total. The van der Waals surface area contributed by atoms with Gasteiger partial charge in [-0.2, -0.15) is 0 Å². The van der Waals surface area contributed by atoms with Crippen LogP contribution in [0.3, 0.4) is 0 Å². The minimum atomic E-state index is -0.229. The highest BCUT2D eigenvalue weighted by molar-refractivity contribution is 5.69. The van der Waals surface area contributed by atoms with Crippen LogP contribution in [0.25, 0.3) is 22.7 Å². The van der Waals surface area contributed by atoms with Crippen LogP contribution in [0.4, 0.5) is 0 Å². The van der Waals surface area contributed by atoms with Crippen molar-refractivity contribution < 1.29 is 4.42 Å². The Morgan fingerprint density at radius 3 is 2.74 bits per heavy atom. The molecule has 0 radical (unpaired) electrons. The van der Waals surface area contributed by atoms with Crippen LogP contribution >= 0.6 is 0 Å². The molecular weight excluding hydrogens is 292 g/mol. The van der Waals surface area contributed by atoms with Crippen LogP contribution in [0.15, 0.2) is 64.1 Å². The van der Waals surface area contributed by atoms with E-state index < -0.39 is 0 Å². The molecule has 4 rings (SSSR count). The molecule has 3 aromatic heterocycles. The number of nitrogens with zero attached hydrogens (tertiary/aromatic N) is 3. The number of rotatable bonds is 3. The van der Waals surface area contributed by atoms with E-state index in [9.17, 15) is 4.79 Å². The quantitative estimate of drug-likeness (QED) is 0.631. The predicted octanol–water partition coefficient (Wildman–Crippen LogP) is 2.99. The Hall–Kier alpha value is -3.15. The minimum Gasteiger partial charge on any atom is -0.463 e. The molecule has 0 amide bonds. The van der Waals surface area contributed by atoms with Gasteiger partial charge in [-0.15, -0.1) is 0 Å². The Morgan fingerprint density at radius 1 is 1.17 bits per heavy atom. The molecule has 0 spiro atoms. The Morgan fingerprint density at radius 2 is 2.00 bits per heavy atom. The average molecular weight is 306 g/mol. The number of aromatic nitrogens is 4. The van der Waals surface area contributed by atoms with Crippen molar-refractivity contribution in [1.29, 1.82) is 0 Å². The van der Waals surface area contributed by atoms with E-state index in [4.69, 9.17) is 4.42 Å². The maximum Gasteiger partial charge on any atom is 0.329 e. The van der Waals surface area contributed by atoms with Gasteiger partial charge in [0, 0.05) is 0 Å². The molecule has 0 saturated heterocycles. The van der Waals surface area contributed by atoms with E-state index in [1.54, 1.807) is 23.1 Å². The Bertz CT molecular complexity index is 1000. The van der Waals surface area contributed by atoms with Gasteiger partial charge in [-0.05, 0) is 24.6 Å². The van der Waals surface area contributed by atoms with Crippen molar-refractivity contribution in [3.8, 4) is 11.5 Å². The summed E-state index contributed by atoms with van der Waals surface area (Å²) in [5.74, 6) is 0.618.